The van der Waals surface area contributed by atoms with Crippen molar-refractivity contribution in [3.63, 3.8) is 0 Å². The van der Waals surface area contributed by atoms with E-state index in [9.17, 15) is 0 Å². The predicted octanol–water partition coefficient (Wildman–Crippen LogP) is 8.73. The van der Waals surface area contributed by atoms with Crippen molar-refractivity contribution in [3.8, 4) is 5.69 Å². The average Bonchev–Trinajstić information content (AvgIpc) is 3.45. The highest BCUT2D eigenvalue weighted by atomic mass is 15.1. The average molecular weight is 450 g/mol. The molecule has 35 heavy (non-hydrogen) atoms. The first kappa shape index (κ1) is 19.7. The van der Waals surface area contributed by atoms with Gasteiger partial charge in [-0.2, -0.15) is 0 Å². The molecule has 0 aliphatic heterocycles. The second-order valence-electron chi connectivity index (χ2n) is 8.77. The second-order valence-corrected chi connectivity index (χ2v) is 8.77. The van der Waals surface area contributed by atoms with Crippen molar-refractivity contribution in [1.29, 1.82) is 0 Å². The van der Waals surface area contributed by atoms with Crippen LogP contribution in [0.4, 0.5) is 17.1 Å². The van der Waals surface area contributed by atoms with Gasteiger partial charge in [-0.15, -0.1) is 0 Å². The molecule has 0 radical (unpaired) electrons. The van der Waals surface area contributed by atoms with Gasteiger partial charge in [-0.25, -0.2) is 0 Å². The number of para-hydroxylation sites is 4. The molecule has 0 fully saturated rings. The van der Waals surface area contributed by atoms with E-state index in [1.165, 1.54) is 21.7 Å². The molecule has 0 aliphatic carbocycles. The fraction of sp³-hybridized carbons (Fsp3) is 0. The van der Waals surface area contributed by atoms with Gasteiger partial charge in [-0.05, 0) is 54.6 Å². The van der Waals surface area contributed by atoms with Gasteiger partial charge < -0.3 is 9.88 Å². The molecule has 0 spiro atoms. The Labute approximate surface area is 203 Å². The number of aromatic nitrogens is 2. The number of rotatable bonds is 4. The maximum Gasteiger partial charge on any atom is 0.124 e. The fourth-order valence-corrected chi connectivity index (χ4v) is 5.21. The summed E-state index contributed by atoms with van der Waals surface area (Å²) >= 11 is 0. The van der Waals surface area contributed by atoms with Gasteiger partial charge in [0.05, 0.1) is 5.52 Å². The molecular weight excluding hydrogens is 426 g/mol. The molecule has 1 N–H and O–H groups in total. The smallest absolute Gasteiger partial charge is 0.124 e. The summed E-state index contributed by atoms with van der Waals surface area (Å²) in [4.78, 5) is 6.00. The van der Waals surface area contributed by atoms with E-state index in [4.69, 9.17) is 0 Å². The summed E-state index contributed by atoms with van der Waals surface area (Å²) in [6.07, 6.45) is 0. The van der Waals surface area contributed by atoms with E-state index in [2.05, 4.69) is 148 Å². The van der Waals surface area contributed by atoms with Crippen LogP contribution in [0.3, 0.4) is 0 Å². The summed E-state index contributed by atoms with van der Waals surface area (Å²) in [5.74, 6) is 0. The van der Waals surface area contributed by atoms with Gasteiger partial charge in [0, 0.05) is 44.4 Å². The van der Waals surface area contributed by atoms with Crippen molar-refractivity contribution in [3.05, 3.63) is 133 Å². The molecule has 166 valence electrons. The Morgan fingerprint density at radius 2 is 1.11 bits per heavy atom. The predicted molar refractivity (Wildman–Crippen MR) is 147 cm³/mol. The summed E-state index contributed by atoms with van der Waals surface area (Å²) in [6, 6.07) is 47.1. The molecule has 0 saturated heterocycles. The van der Waals surface area contributed by atoms with Crippen LogP contribution in [0.1, 0.15) is 0 Å². The zero-order chi connectivity index (χ0) is 23.2. The zero-order valence-electron chi connectivity index (χ0n) is 19.1. The van der Waals surface area contributed by atoms with Crippen LogP contribution >= 0.6 is 0 Å². The van der Waals surface area contributed by atoms with Crippen molar-refractivity contribution in [1.82, 2.24) is 9.55 Å². The lowest BCUT2D eigenvalue weighted by Crippen LogP contribution is -2.10. The van der Waals surface area contributed by atoms with Crippen molar-refractivity contribution in [2.75, 3.05) is 4.90 Å². The minimum Gasteiger partial charge on any atom is -0.340 e. The van der Waals surface area contributed by atoms with Crippen LogP contribution in [0.15, 0.2) is 133 Å². The van der Waals surface area contributed by atoms with E-state index in [1.54, 1.807) is 0 Å². The van der Waals surface area contributed by atoms with Gasteiger partial charge in [-0.3, -0.25) is 4.57 Å². The molecule has 3 heteroatoms. The molecule has 0 amide bonds. The number of hydrogen-bond acceptors (Lipinski definition) is 1. The largest absolute Gasteiger partial charge is 0.340 e. The Morgan fingerprint density at radius 3 is 1.86 bits per heavy atom. The van der Waals surface area contributed by atoms with E-state index in [-0.39, 0.29) is 0 Å². The summed E-state index contributed by atoms with van der Waals surface area (Å²) in [7, 11) is 0. The monoisotopic (exact) mass is 449 g/mol. The second kappa shape index (κ2) is 7.93. The number of benzene rings is 5. The van der Waals surface area contributed by atoms with Gasteiger partial charge >= 0.3 is 0 Å². The van der Waals surface area contributed by atoms with E-state index in [1.807, 2.05) is 0 Å². The molecule has 2 heterocycles. The molecule has 5 aromatic carbocycles. The highest BCUT2D eigenvalue weighted by Gasteiger charge is 2.18. The van der Waals surface area contributed by atoms with Crippen LogP contribution < -0.4 is 4.90 Å². The molecule has 0 unspecified atom stereocenters. The van der Waals surface area contributed by atoms with E-state index < -0.39 is 0 Å². The molecule has 0 atom stereocenters. The van der Waals surface area contributed by atoms with Gasteiger partial charge in [-0.1, -0.05) is 78.9 Å². The minimum atomic E-state index is 1.11. The number of hydrogen-bond donors (Lipinski definition) is 1. The van der Waals surface area contributed by atoms with E-state index in [0.717, 1.165) is 33.9 Å². The first-order valence-electron chi connectivity index (χ1n) is 11.9. The maximum atomic E-state index is 3.70. The fourth-order valence-electron chi connectivity index (χ4n) is 5.21. The quantitative estimate of drug-likeness (QED) is 0.285. The maximum absolute atomic E-state index is 3.70. The Bertz CT molecular complexity index is 1750. The van der Waals surface area contributed by atoms with Crippen LogP contribution in [-0.4, -0.2) is 9.55 Å². The highest BCUT2D eigenvalue weighted by Crippen LogP contribution is 2.39. The first-order valence-corrected chi connectivity index (χ1v) is 11.9. The van der Waals surface area contributed by atoms with Gasteiger partial charge in [0.15, 0.2) is 0 Å². The molecule has 0 saturated carbocycles. The molecule has 0 aliphatic rings. The van der Waals surface area contributed by atoms with E-state index in [0.29, 0.717) is 0 Å². The van der Waals surface area contributed by atoms with E-state index >= 15 is 0 Å². The standard InChI is InChI=1S/C32H23N3/c1-3-12-23(13-4-1)34(24-14-5-2-6-15-24)25-16-11-17-26(22-25)35-30-21-10-8-19-28(30)31-27-18-7-9-20-29(27)33-32(31)35/h1-22,33H. The van der Waals surface area contributed by atoms with Crippen LogP contribution in [0.2, 0.25) is 0 Å². The third-order valence-corrected chi connectivity index (χ3v) is 6.70. The molecule has 3 nitrogen and oxygen atoms in total. The molecule has 7 rings (SSSR count). The summed E-state index contributed by atoms with van der Waals surface area (Å²) in [6.45, 7) is 0. The van der Waals surface area contributed by atoms with Crippen molar-refractivity contribution >= 4 is 49.9 Å². The van der Waals surface area contributed by atoms with Gasteiger partial charge in [0.1, 0.15) is 5.65 Å². The third kappa shape index (κ3) is 3.13. The van der Waals surface area contributed by atoms with Crippen LogP contribution in [0.5, 0.6) is 0 Å². The number of fused-ring (bicyclic) bond motifs is 5. The van der Waals surface area contributed by atoms with Crippen molar-refractivity contribution in [2.45, 2.75) is 0 Å². The van der Waals surface area contributed by atoms with Crippen LogP contribution in [0, 0.1) is 0 Å². The molecule has 2 aromatic heterocycles. The molecule has 0 bridgehead atoms. The Morgan fingerprint density at radius 1 is 0.514 bits per heavy atom. The zero-order valence-corrected chi connectivity index (χ0v) is 19.1. The van der Waals surface area contributed by atoms with Crippen molar-refractivity contribution < 1.29 is 0 Å². The normalized spacial score (nSPS) is 11.4. The molecular formula is C32H23N3. The van der Waals surface area contributed by atoms with Crippen LogP contribution in [-0.2, 0) is 0 Å². The van der Waals surface area contributed by atoms with Gasteiger partial charge in [0.25, 0.3) is 0 Å². The lowest BCUT2D eigenvalue weighted by atomic mass is 10.1. The number of H-pyrrole nitrogens is 1. The number of nitrogens with one attached hydrogen (secondary N) is 1. The van der Waals surface area contributed by atoms with Crippen molar-refractivity contribution in [2.24, 2.45) is 0 Å². The minimum absolute atomic E-state index is 1.11. The Hall–Kier alpha value is -4.76. The third-order valence-electron chi connectivity index (χ3n) is 6.70. The highest BCUT2D eigenvalue weighted by molar-refractivity contribution is 6.21. The Balaban J connectivity index is 1.49. The number of nitrogens with zero attached hydrogens (tertiary/aromatic N) is 2. The molecule has 7 aromatic rings. The topological polar surface area (TPSA) is 24.0 Å². The van der Waals surface area contributed by atoms with Gasteiger partial charge in [0.2, 0.25) is 0 Å². The first-order chi connectivity index (χ1) is 17.4. The lowest BCUT2D eigenvalue weighted by molar-refractivity contribution is 1.14. The SMILES string of the molecule is c1ccc(N(c2ccccc2)c2cccc(-n3c4ccccc4c4c5ccccc5[nH]c43)c2)cc1. The summed E-state index contributed by atoms with van der Waals surface area (Å²) in [5.41, 5.74) is 7.97. The Kier molecular flexibility index (Phi) is 4.46. The lowest BCUT2D eigenvalue weighted by Gasteiger charge is -2.26. The summed E-state index contributed by atoms with van der Waals surface area (Å²) in [5, 5.41) is 3.78. The van der Waals surface area contributed by atoms with Crippen LogP contribution in [0.25, 0.3) is 38.5 Å². The summed E-state index contributed by atoms with van der Waals surface area (Å²) < 4.78 is 2.35. The number of aromatic amines is 1. The number of anilines is 3.